The first-order valence-corrected chi connectivity index (χ1v) is 12.6. The van der Waals surface area contributed by atoms with Crippen LogP contribution in [0.5, 0.6) is 0 Å². The maximum absolute atomic E-state index is 13.6. The number of carbonyl (C=O) groups is 1. The molecular formula is C23H28ClN3O4S. The lowest BCUT2D eigenvalue weighted by Gasteiger charge is -2.33. The largest absolute Gasteiger partial charge is 0.448 e. The second-order valence-corrected chi connectivity index (χ2v) is 10.6. The Balaban J connectivity index is 1.55. The molecule has 7 nitrogen and oxygen atoms in total. The number of carbonyl (C=O) groups excluding carboxylic acids is 1. The summed E-state index contributed by atoms with van der Waals surface area (Å²) in [6.07, 6.45) is 0.890. The number of sulfonamides is 1. The van der Waals surface area contributed by atoms with Crippen LogP contribution in [0.2, 0.25) is 5.02 Å². The molecule has 0 unspecified atom stereocenters. The predicted octanol–water partition coefficient (Wildman–Crippen LogP) is 3.62. The molecule has 2 aromatic rings. The highest BCUT2D eigenvalue weighted by molar-refractivity contribution is 7.89. The second kappa shape index (κ2) is 9.79. The van der Waals surface area contributed by atoms with E-state index in [0.717, 1.165) is 18.7 Å². The fourth-order valence-corrected chi connectivity index (χ4v) is 6.31. The van der Waals surface area contributed by atoms with Crippen molar-refractivity contribution < 1.29 is 17.9 Å². The minimum Gasteiger partial charge on any atom is -0.448 e. The quantitative estimate of drug-likeness (QED) is 0.657. The zero-order valence-corrected chi connectivity index (χ0v) is 19.6. The average molecular weight is 478 g/mol. The second-order valence-electron chi connectivity index (χ2n) is 8.31. The van der Waals surface area contributed by atoms with Crippen LogP contribution in [0.4, 0.5) is 4.79 Å². The van der Waals surface area contributed by atoms with Crippen LogP contribution in [-0.4, -0.2) is 74.5 Å². The van der Waals surface area contributed by atoms with Crippen LogP contribution in [0.1, 0.15) is 24.4 Å². The third-order valence-corrected chi connectivity index (χ3v) is 8.40. The van der Waals surface area contributed by atoms with E-state index in [9.17, 15) is 13.2 Å². The third kappa shape index (κ3) is 4.93. The number of piperazine rings is 1. The van der Waals surface area contributed by atoms with Gasteiger partial charge in [0.25, 0.3) is 0 Å². The Morgan fingerprint density at radius 1 is 1.00 bits per heavy atom. The van der Waals surface area contributed by atoms with Gasteiger partial charge in [0, 0.05) is 31.2 Å². The molecule has 4 rings (SSSR count). The fraction of sp³-hybridized carbons (Fsp3) is 0.435. The highest BCUT2D eigenvalue weighted by Crippen LogP contribution is 2.40. The first-order valence-electron chi connectivity index (χ1n) is 10.8. The highest BCUT2D eigenvalue weighted by Gasteiger charge is 2.43. The van der Waals surface area contributed by atoms with E-state index in [-0.39, 0.29) is 23.6 Å². The van der Waals surface area contributed by atoms with Gasteiger partial charge in [-0.3, -0.25) is 0 Å². The van der Waals surface area contributed by atoms with Gasteiger partial charge in [0.05, 0.1) is 17.0 Å². The van der Waals surface area contributed by atoms with Crippen molar-refractivity contribution in [1.29, 1.82) is 0 Å². The predicted molar refractivity (Wildman–Crippen MR) is 123 cm³/mol. The molecule has 2 aromatic carbocycles. The van der Waals surface area contributed by atoms with E-state index in [1.54, 1.807) is 17.0 Å². The molecule has 2 aliphatic heterocycles. The number of nitrogens with zero attached hydrogens (tertiary/aromatic N) is 3. The van der Waals surface area contributed by atoms with Crippen LogP contribution in [0.3, 0.4) is 0 Å². The molecule has 0 spiro atoms. The van der Waals surface area contributed by atoms with Crippen molar-refractivity contribution in [3.8, 4) is 0 Å². The van der Waals surface area contributed by atoms with Crippen LogP contribution in [0, 0.1) is 0 Å². The van der Waals surface area contributed by atoms with Gasteiger partial charge in [-0.15, -0.1) is 0 Å². The monoisotopic (exact) mass is 477 g/mol. The molecule has 9 heteroatoms. The molecule has 0 radical (unpaired) electrons. The van der Waals surface area contributed by atoms with E-state index >= 15 is 0 Å². The molecule has 0 aromatic heterocycles. The number of amides is 1. The summed E-state index contributed by atoms with van der Waals surface area (Å²) in [5, 5.41) is 0.475. The Labute approximate surface area is 194 Å². The Kier molecular flexibility index (Phi) is 7.05. The number of hydrogen-bond acceptors (Lipinski definition) is 5. The van der Waals surface area contributed by atoms with Gasteiger partial charge in [0.15, 0.2) is 0 Å². The summed E-state index contributed by atoms with van der Waals surface area (Å²) in [4.78, 5) is 16.6. The zero-order valence-electron chi connectivity index (χ0n) is 18.1. The van der Waals surface area contributed by atoms with E-state index in [4.69, 9.17) is 16.3 Å². The van der Waals surface area contributed by atoms with Crippen molar-refractivity contribution in [2.45, 2.75) is 29.8 Å². The minimum absolute atomic E-state index is 0.0291. The van der Waals surface area contributed by atoms with Gasteiger partial charge in [-0.25, -0.2) is 13.2 Å². The van der Waals surface area contributed by atoms with Gasteiger partial charge >= 0.3 is 6.09 Å². The summed E-state index contributed by atoms with van der Waals surface area (Å²) in [5.74, 6) is 0. The standard InChI is InChI=1S/C23H28ClN3O4S/c1-25-13-15-26(16-14-25)23(28)31-17-20-9-12-22(18-5-3-2-4-6-18)27(20)32(29,30)21-10-7-19(24)8-11-21/h2-8,10-11,20,22H,9,12-17H2,1H3/t20-,22+/m1/s1. The maximum Gasteiger partial charge on any atom is 0.409 e. The average Bonchev–Trinajstić information content (AvgIpc) is 3.24. The maximum atomic E-state index is 13.6. The van der Waals surface area contributed by atoms with Crippen LogP contribution >= 0.6 is 11.6 Å². The van der Waals surface area contributed by atoms with Crippen LogP contribution in [-0.2, 0) is 14.8 Å². The number of ether oxygens (including phenoxy) is 1. The first-order chi connectivity index (χ1) is 15.4. The van der Waals surface area contributed by atoms with Gasteiger partial charge < -0.3 is 14.5 Å². The molecule has 172 valence electrons. The molecule has 32 heavy (non-hydrogen) atoms. The Morgan fingerprint density at radius 2 is 1.66 bits per heavy atom. The van der Waals surface area contributed by atoms with Crippen molar-refractivity contribution in [2.24, 2.45) is 0 Å². The van der Waals surface area contributed by atoms with Crippen molar-refractivity contribution in [3.05, 3.63) is 65.2 Å². The van der Waals surface area contributed by atoms with Crippen molar-refractivity contribution >= 4 is 27.7 Å². The Bertz CT molecular complexity index is 1020. The fourth-order valence-electron chi connectivity index (χ4n) is 4.34. The van der Waals surface area contributed by atoms with E-state index in [1.165, 1.54) is 16.4 Å². The van der Waals surface area contributed by atoms with Gasteiger partial charge in [-0.2, -0.15) is 4.31 Å². The lowest BCUT2D eigenvalue weighted by molar-refractivity contribution is 0.0688. The molecule has 2 aliphatic rings. The van der Waals surface area contributed by atoms with E-state index < -0.39 is 16.1 Å². The number of rotatable bonds is 5. The van der Waals surface area contributed by atoms with Gasteiger partial charge in [0.1, 0.15) is 6.61 Å². The molecule has 2 fully saturated rings. The lowest BCUT2D eigenvalue weighted by Crippen LogP contribution is -2.48. The van der Waals surface area contributed by atoms with Gasteiger partial charge in [-0.05, 0) is 49.7 Å². The Morgan fingerprint density at radius 3 is 2.31 bits per heavy atom. The topological polar surface area (TPSA) is 70.2 Å². The summed E-state index contributed by atoms with van der Waals surface area (Å²) in [6, 6.07) is 15.0. The van der Waals surface area contributed by atoms with Gasteiger partial charge in [0.2, 0.25) is 10.0 Å². The molecule has 1 amide bonds. The molecule has 0 N–H and O–H groups in total. The molecule has 2 heterocycles. The SMILES string of the molecule is CN1CCN(C(=O)OC[C@H]2CC[C@@H](c3ccccc3)N2S(=O)(=O)c2ccc(Cl)cc2)CC1. The summed E-state index contributed by atoms with van der Waals surface area (Å²) in [5.41, 5.74) is 0.929. The highest BCUT2D eigenvalue weighted by atomic mass is 35.5. The number of hydrogen-bond donors (Lipinski definition) is 0. The normalized spacial score (nSPS) is 22.8. The summed E-state index contributed by atoms with van der Waals surface area (Å²) in [7, 11) is -1.80. The van der Waals surface area contributed by atoms with Gasteiger partial charge in [-0.1, -0.05) is 41.9 Å². The summed E-state index contributed by atoms with van der Waals surface area (Å²) >= 11 is 5.97. The van der Waals surface area contributed by atoms with E-state index in [0.29, 0.717) is 31.0 Å². The molecule has 0 aliphatic carbocycles. The summed E-state index contributed by atoms with van der Waals surface area (Å²) in [6.45, 7) is 2.84. The number of likely N-dealkylation sites (N-methyl/N-ethyl adjacent to an activating group) is 1. The molecule has 2 saturated heterocycles. The van der Waals surface area contributed by atoms with Crippen molar-refractivity contribution in [2.75, 3.05) is 39.8 Å². The molecule has 0 saturated carbocycles. The van der Waals surface area contributed by atoms with Crippen LogP contribution < -0.4 is 0 Å². The van der Waals surface area contributed by atoms with E-state index in [1.807, 2.05) is 37.4 Å². The summed E-state index contributed by atoms with van der Waals surface area (Å²) < 4.78 is 34.4. The minimum atomic E-state index is -3.82. The van der Waals surface area contributed by atoms with Crippen molar-refractivity contribution in [3.63, 3.8) is 0 Å². The molecule has 2 atom stereocenters. The zero-order chi connectivity index (χ0) is 22.7. The van der Waals surface area contributed by atoms with Crippen LogP contribution in [0.25, 0.3) is 0 Å². The Hall–Kier alpha value is -2.13. The van der Waals surface area contributed by atoms with Crippen LogP contribution in [0.15, 0.2) is 59.5 Å². The molecular weight excluding hydrogens is 450 g/mol. The lowest BCUT2D eigenvalue weighted by atomic mass is 10.1. The van der Waals surface area contributed by atoms with Crippen molar-refractivity contribution in [1.82, 2.24) is 14.1 Å². The van der Waals surface area contributed by atoms with E-state index in [2.05, 4.69) is 4.90 Å². The number of benzene rings is 2. The number of halogens is 1. The third-order valence-electron chi connectivity index (χ3n) is 6.17. The first kappa shape index (κ1) is 23.0. The molecule has 0 bridgehead atoms. The smallest absolute Gasteiger partial charge is 0.409 e.